The summed E-state index contributed by atoms with van der Waals surface area (Å²) in [6.45, 7) is 6.50. The van der Waals surface area contributed by atoms with Crippen molar-refractivity contribution in [2.45, 2.75) is 26.7 Å². The molecule has 1 aromatic heterocycles. The number of guanidine groups is 1. The topological polar surface area (TPSA) is 58.5 Å². The lowest BCUT2D eigenvalue weighted by Crippen LogP contribution is -2.38. The fraction of sp³-hybridized carbons (Fsp3) is 0.400. The largest absolute Gasteiger partial charge is 0.497 e. The van der Waals surface area contributed by atoms with E-state index in [0.29, 0.717) is 0 Å². The van der Waals surface area contributed by atoms with Gasteiger partial charge in [-0.1, -0.05) is 18.2 Å². The van der Waals surface area contributed by atoms with E-state index >= 15 is 0 Å². The van der Waals surface area contributed by atoms with Gasteiger partial charge in [0.05, 0.1) is 7.11 Å². The third-order valence-corrected chi connectivity index (χ3v) is 3.85. The van der Waals surface area contributed by atoms with E-state index in [9.17, 15) is 0 Å². The fourth-order valence-corrected chi connectivity index (χ4v) is 2.40. The molecule has 5 nitrogen and oxygen atoms in total. The predicted octanol–water partition coefficient (Wildman–Crippen LogP) is 2.74. The number of nitrogens with one attached hydrogen (secondary N) is 2. The maximum atomic E-state index is 5.18. The maximum absolute atomic E-state index is 5.18. The molecule has 0 fully saturated rings. The van der Waals surface area contributed by atoms with Crippen LogP contribution in [0.5, 0.6) is 5.75 Å². The summed E-state index contributed by atoms with van der Waals surface area (Å²) in [6.07, 6.45) is 3.77. The fourth-order valence-electron chi connectivity index (χ4n) is 2.40. The lowest BCUT2D eigenvalue weighted by atomic mass is 10.1. The van der Waals surface area contributed by atoms with E-state index < -0.39 is 0 Å². The number of pyridine rings is 1. The molecule has 0 radical (unpaired) electrons. The molecule has 2 rings (SSSR count). The Morgan fingerprint density at radius 1 is 1.04 bits per heavy atom. The number of aliphatic imine (C=N–C) groups is 1. The summed E-state index contributed by atoms with van der Waals surface area (Å²) in [6, 6.07) is 12.3. The summed E-state index contributed by atoms with van der Waals surface area (Å²) in [7, 11) is 1.68. The molecule has 25 heavy (non-hydrogen) atoms. The summed E-state index contributed by atoms with van der Waals surface area (Å²) < 4.78 is 5.18. The van der Waals surface area contributed by atoms with Crippen LogP contribution >= 0.6 is 0 Å². The van der Waals surface area contributed by atoms with Gasteiger partial charge in [-0.05, 0) is 56.0 Å². The van der Waals surface area contributed by atoms with Gasteiger partial charge in [-0.3, -0.25) is 9.98 Å². The van der Waals surface area contributed by atoms with Gasteiger partial charge in [0.25, 0.3) is 0 Å². The van der Waals surface area contributed by atoms with Crippen LogP contribution in [0.1, 0.15) is 23.7 Å². The molecule has 1 heterocycles. The molecule has 0 bridgehead atoms. The minimum atomic E-state index is 0.744. The Morgan fingerprint density at radius 2 is 1.80 bits per heavy atom. The molecule has 5 heteroatoms. The molecule has 0 saturated carbocycles. The average Bonchev–Trinajstić information content (AvgIpc) is 2.64. The number of aryl methyl sites for hydroxylation is 1. The van der Waals surface area contributed by atoms with Crippen LogP contribution in [0.2, 0.25) is 0 Å². The maximum Gasteiger partial charge on any atom is 0.191 e. The first-order valence-electron chi connectivity index (χ1n) is 8.78. The van der Waals surface area contributed by atoms with Crippen LogP contribution in [0, 0.1) is 6.92 Å². The number of nitrogens with zero attached hydrogens (tertiary/aromatic N) is 2. The molecule has 0 aliphatic heterocycles. The quantitative estimate of drug-likeness (QED) is 0.573. The molecule has 1 aromatic carbocycles. The van der Waals surface area contributed by atoms with Crippen molar-refractivity contribution in [1.82, 2.24) is 15.6 Å². The number of rotatable bonds is 8. The van der Waals surface area contributed by atoms with Crippen LogP contribution in [0.15, 0.2) is 47.6 Å². The molecule has 0 spiro atoms. The van der Waals surface area contributed by atoms with Gasteiger partial charge in [0.15, 0.2) is 5.96 Å². The molecular formula is C20H28N4O. The normalized spacial score (nSPS) is 11.2. The lowest BCUT2D eigenvalue weighted by Gasteiger charge is -2.11. The standard InChI is InChI=1S/C20H28N4O/c1-4-21-20(23-14-12-18-6-5-16(2)24-15-18)22-13-11-17-7-9-19(25-3)10-8-17/h5-10,15H,4,11-14H2,1-3H3,(H2,21,22,23). The average molecular weight is 340 g/mol. The van der Waals surface area contributed by atoms with Crippen molar-refractivity contribution in [2.75, 3.05) is 26.7 Å². The number of hydrogen-bond acceptors (Lipinski definition) is 3. The number of aromatic nitrogens is 1. The van der Waals surface area contributed by atoms with Crippen LogP contribution in [0.4, 0.5) is 0 Å². The van der Waals surface area contributed by atoms with E-state index in [-0.39, 0.29) is 0 Å². The Hall–Kier alpha value is -2.56. The summed E-state index contributed by atoms with van der Waals surface area (Å²) >= 11 is 0. The van der Waals surface area contributed by atoms with Crippen LogP contribution in [0.3, 0.4) is 0 Å². The van der Waals surface area contributed by atoms with E-state index in [1.165, 1.54) is 11.1 Å². The van der Waals surface area contributed by atoms with Crippen LogP contribution < -0.4 is 15.4 Å². The van der Waals surface area contributed by atoms with Crippen molar-refractivity contribution in [3.05, 3.63) is 59.4 Å². The SMILES string of the molecule is CCNC(=NCCc1ccc(OC)cc1)NCCc1ccc(C)nc1. The molecule has 0 saturated heterocycles. The summed E-state index contributed by atoms with van der Waals surface area (Å²) in [5, 5.41) is 6.67. The zero-order chi connectivity index (χ0) is 17.9. The van der Waals surface area contributed by atoms with Gasteiger partial charge < -0.3 is 15.4 Å². The molecule has 2 N–H and O–H groups in total. The number of benzene rings is 1. The minimum absolute atomic E-state index is 0.744. The third-order valence-electron chi connectivity index (χ3n) is 3.85. The minimum Gasteiger partial charge on any atom is -0.497 e. The van der Waals surface area contributed by atoms with Crippen molar-refractivity contribution in [2.24, 2.45) is 4.99 Å². The van der Waals surface area contributed by atoms with Gasteiger partial charge in [0.2, 0.25) is 0 Å². The molecule has 0 amide bonds. The third kappa shape index (κ3) is 6.83. The number of methoxy groups -OCH3 is 1. The van der Waals surface area contributed by atoms with Crippen molar-refractivity contribution < 1.29 is 4.74 Å². The van der Waals surface area contributed by atoms with Gasteiger partial charge in [0, 0.05) is 31.5 Å². The zero-order valence-electron chi connectivity index (χ0n) is 15.4. The van der Waals surface area contributed by atoms with Gasteiger partial charge in [-0.15, -0.1) is 0 Å². The Bertz CT molecular complexity index is 650. The van der Waals surface area contributed by atoms with Crippen LogP contribution in [-0.4, -0.2) is 37.7 Å². The highest BCUT2D eigenvalue weighted by atomic mass is 16.5. The number of ether oxygens (including phenoxy) is 1. The summed E-state index contributed by atoms with van der Waals surface area (Å²) in [5.41, 5.74) is 3.53. The van der Waals surface area contributed by atoms with Crippen molar-refractivity contribution in [1.29, 1.82) is 0 Å². The van der Waals surface area contributed by atoms with E-state index in [1.54, 1.807) is 7.11 Å². The van der Waals surface area contributed by atoms with E-state index in [4.69, 9.17) is 4.74 Å². The predicted molar refractivity (Wildman–Crippen MR) is 103 cm³/mol. The molecule has 0 atom stereocenters. The van der Waals surface area contributed by atoms with Gasteiger partial charge >= 0.3 is 0 Å². The second kappa shape index (κ2) is 10.3. The van der Waals surface area contributed by atoms with E-state index in [0.717, 1.165) is 49.9 Å². The van der Waals surface area contributed by atoms with Gasteiger partial charge in [-0.25, -0.2) is 0 Å². The smallest absolute Gasteiger partial charge is 0.191 e. The van der Waals surface area contributed by atoms with Crippen molar-refractivity contribution in [3.63, 3.8) is 0 Å². The Morgan fingerprint density at radius 3 is 2.44 bits per heavy atom. The molecule has 0 unspecified atom stereocenters. The first-order valence-corrected chi connectivity index (χ1v) is 8.78. The molecular weight excluding hydrogens is 312 g/mol. The Kier molecular flexibility index (Phi) is 7.76. The van der Waals surface area contributed by atoms with E-state index in [2.05, 4.69) is 45.7 Å². The summed E-state index contributed by atoms with van der Waals surface area (Å²) in [4.78, 5) is 8.97. The molecule has 134 valence electrons. The lowest BCUT2D eigenvalue weighted by molar-refractivity contribution is 0.414. The second-order valence-corrected chi connectivity index (χ2v) is 5.84. The molecule has 0 aliphatic carbocycles. The first kappa shape index (κ1) is 18.8. The Labute approximate surface area is 150 Å². The van der Waals surface area contributed by atoms with Crippen LogP contribution in [-0.2, 0) is 12.8 Å². The van der Waals surface area contributed by atoms with E-state index in [1.807, 2.05) is 31.3 Å². The number of hydrogen-bond donors (Lipinski definition) is 2. The highest BCUT2D eigenvalue weighted by molar-refractivity contribution is 5.79. The van der Waals surface area contributed by atoms with Crippen molar-refractivity contribution >= 4 is 5.96 Å². The van der Waals surface area contributed by atoms with Crippen LogP contribution in [0.25, 0.3) is 0 Å². The zero-order valence-corrected chi connectivity index (χ0v) is 15.4. The van der Waals surface area contributed by atoms with Gasteiger partial charge in [0.1, 0.15) is 5.75 Å². The van der Waals surface area contributed by atoms with Crippen molar-refractivity contribution in [3.8, 4) is 5.75 Å². The van der Waals surface area contributed by atoms with Gasteiger partial charge in [-0.2, -0.15) is 0 Å². The Balaban J connectivity index is 1.79. The first-order chi connectivity index (χ1) is 12.2. The summed E-state index contributed by atoms with van der Waals surface area (Å²) in [5.74, 6) is 1.74. The second-order valence-electron chi connectivity index (χ2n) is 5.84. The highest BCUT2D eigenvalue weighted by Gasteiger charge is 1.99. The molecule has 2 aromatic rings. The highest BCUT2D eigenvalue weighted by Crippen LogP contribution is 2.11. The monoisotopic (exact) mass is 340 g/mol. The molecule has 0 aliphatic rings.